The molecule has 5 N–H and O–H groups in total. The third kappa shape index (κ3) is 2.25. The summed E-state index contributed by atoms with van der Waals surface area (Å²) < 4.78 is 0. The Hall–Kier alpha value is -1.52. The number of hydrogen-bond donors (Lipinski definition) is 3. The first-order valence-electron chi connectivity index (χ1n) is 4.68. The molecule has 1 aromatic heterocycles. The lowest BCUT2D eigenvalue weighted by atomic mass is 10.0. The molecular formula is C9H16N4O. The van der Waals surface area contributed by atoms with Crippen LogP contribution >= 0.6 is 0 Å². The molecule has 0 radical (unpaired) electrons. The van der Waals surface area contributed by atoms with Crippen LogP contribution in [0.5, 0.6) is 0 Å². The fraction of sp³-hybridized carbons (Fsp3) is 0.556. The van der Waals surface area contributed by atoms with Crippen LogP contribution in [0.15, 0.2) is 4.79 Å². The highest BCUT2D eigenvalue weighted by Gasteiger charge is 2.10. The van der Waals surface area contributed by atoms with Crippen LogP contribution in [0.3, 0.4) is 0 Å². The van der Waals surface area contributed by atoms with E-state index in [1.54, 1.807) is 0 Å². The maximum atomic E-state index is 11.5. The highest BCUT2D eigenvalue weighted by Crippen LogP contribution is 2.12. The number of rotatable bonds is 3. The van der Waals surface area contributed by atoms with Crippen LogP contribution in [0, 0.1) is 5.92 Å². The van der Waals surface area contributed by atoms with E-state index in [4.69, 9.17) is 11.5 Å². The molecule has 1 heterocycles. The first-order valence-corrected chi connectivity index (χ1v) is 4.68. The van der Waals surface area contributed by atoms with Crippen LogP contribution in [-0.2, 0) is 6.42 Å². The molecule has 0 aliphatic rings. The van der Waals surface area contributed by atoms with Crippen molar-refractivity contribution in [2.24, 2.45) is 5.92 Å². The lowest BCUT2D eigenvalue weighted by molar-refractivity contribution is 0.557. The Bertz CT molecular complexity index is 372. The van der Waals surface area contributed by atoms with Gasteiger partial charge < -0.3 is 11.5 Å². The smallest absolute Gasteiger partial charge is 0.257 e. The third-order valence-electron chi connectivity index (χ3n) is 2.32. The number of nitrogens with one attached hydrogen (secondary N) is 1. The van der Waals surface area contributed by atoms with Crippen molar-refractivity contribution >= 4 is 11.8 Å². The van der Waals surface area contributed by atoms with Crippen LogP contribution < -0.4 is 17.0 Å². The average Bonchev–Trinajstić information content (AvgIpc) is 2.10. The summed E-state index contributed by atoms with van der Waals surface area (Å²) in [6.45, 7) is 4.13. The summed E-state index contributed by atoms with van der Waals surface area (Å²) in [5.41, 5.74) is 11.3. The lowest BCUT2D eigenvalue weighted by Crippen LogP contribution is -2.20. The topological polar surface area (TPSA) is 97.8 Å². The highest BCUT2D eigenvalue weighted by molar-refractivity contribution is 5.41. The Morgan fingerprint density at radius 3 is 2.64 bits per heavy atom. The van der Waals surface area contributed by atoms with Gasteiger partial charge in [0.05, 0.1) is 5.56 Å². The first kappa shape index (κ1) is 10.6. The number of nitrogen functional groups attached to an aromatic ring is 2. The first-order chi connectivity index (χ1) is 6.54. The second-order valence-electron chi connectivity index (χ2n) is 3.53. The number of anilines is 2. The van der Waals surface area contributed by atoms with Crippen LogP contribution in [0.1, 0.15) is 25.8 Å². The van der Waals surface area contributed by atoms with E-state index in [0.717, 1.165) is 6.42 Å². The van der Waals surface area contributed by atoms with Gasteiger partial charge in [-0.2, -0.15) is 4.98 Å². The van der Waals surface area contributed by atoms with Crippen LogP contribution in [-0.4, -0.2) is 9.97 Å². The SMILES string of the molecule is CCC(C)Cc1c(N)nc(N)[nH]c1=O. The summed E-state index contributed by atoms with van der Waals surface area (Å²) in [5, 5.41) is 0. The van der Waals surface area contributed by atoms with Gasteiger partial charge >= 0.3 is 0 Å². The zero-order valence-electron chi connectivity index (χ0n) is 8.50. The van der Waals surface area contributed by atoms with Crippen molar-refractivity contribution in [3.63, 3.8) is 0 Å². The minimum absolute atomic E-state index is 0.0698. The number of aromatic amines is 1. The number of nitrogens with zero attached hydrogens (tertiary/aromatic N) is 1. The number of hydrogen-bond acceptors (Lipinski definition) is 4. The summed E-state index contributed by atoms with van der Waals surface area (Å²) >= 11 is 0. The molecule has 0 saturated carbocycles. The molecular weight excluding hydrogens is 180 g/mol. The van der Waals surface area contributed by atoms with Crippen molar-refractivity contribution in [2.75, 3.05) is 11.5 Å². The summed E-state index contributed by atoms with van der Waals surface area (Å²) in [7, 11) is 0. The van der Waals surface area contributed by atoms with Gasteiger partial charge in [0.25, 0.3) is 5.56 Å². The molecule has 0 fully saturated rings. The van der Waals surface area contributed by atoms with Crippen molar-refractivity contribution < 1.29 is 0 Å². The largest absolute Gasteiger partial charge is 0.383 e. The molecule has 78 valence electrons. The van der Waals surface area contributed by atoms with Gasteiger partial charge in [-0.05, 0) is 12.3 Å². The predicted molar refractivity (Wildman–Crippen MR) is 56.8 cm³/mol. The molecule has 5 nitrogen and oxygen atoms in total. The van der Waals surface area contributed by atoms with Gasteiger partial charge in [-0.15, -0.1) is 0 Å². The van der Waals surface area contributed by atoms with Gasteiger partial charge in [-0.25, -0.2) is 0 Å². The molecule has 0 spiro atoms. The second-order valence-corrected chi connectivity index (χ2v) is 3.53. The normalized spacial score (nSPS) is 12.7. The lowest BCUT2D eigenvalue weighted by Gasteiger charge is -2.09. The maximum absolute atomic E-state index is 11.5. The number of aromatic nitrogens is 2. The summed E-state index contributed by atoms with van der Waals surface area (Å²) in [6, 6.07) is 0. The van der Waals surface area contributed by atoms with E-state index in [0.29, 0.717) is 17.9 Å². The summed E-state index contributed by atoms with van der Waals surface area (Å²) in [4.78, 5) is 17.7. The van der Waals surface area contributed by atoms with Crippen LogP contribution in [0.4, 0.5) is 11.8 Å². The quantitative estimate of drug-likeness (QED) is 0.656. The number of H-pyrrole nitrogens is 1. The van der Waals surface area contributed by atoms with E-state index in [-0.39, 0.29) is 17.3 Å². The van der Waals surface area contributed by atoms with Gasteiger partial charge in [-0.3, -0.25) is 9.78 Å². The fourth-order valence-electron chi connectivity index (χ4n) is 1.22. The van der Waals surface area contributed by atoms with Crippen molar-refractivity contribution in [3.05, 3.63) is 15.9 Å². The molecule has 1 unspecified atom stereocenters. The molecule has 0 amide bonds. The van der Waals surface area contributed by atoms with Crippen LogP contribution in [0.2, 0.25) is 0 Å². The van der Waals surface area contributed by atoms with Gasteiger partial charge in [0.15, 0.2) is 0 Å². The maximum Gasteiger partial charge on any atom is 0.257 e. The minimum atomic E-state index is -0.227. The predicted octanol–water partition coefficient (Wildman–Crippen LogP) is 0.523. The van der Waals surface area contributed by atoms with E-state index in [2.05, 4.69) is 23.8 Å². The Morgan fingerprint density at radius 2 is 2.14 bits per heavy atom. The van der Waals surface area contributed by atoms with E-state index >= 15 is 0 Å². The zero-order chi connectivity index (χ0) is 10.7. The Labute approximate surface area is 82.5 Å². The molecule has 0 aromatic carbocycles. The third-order valence-corrected chi connectivity index (χ3v) is 2.32. The molecule has 1 aromatic rings. The van der Waals surface area contributed by atoms with Crippen molar-refractivity contribution in [1.29, 1.82) is 0 Å². The van der Waals surface area contributed by atoms with Gasteiger partial charge in [0.1, 0.15) is 5.82 Å². The Kier molecular flexibility index (Phi) is 3.11. The summed E-state index contributed by atoms with van der Waals surface area (Å²) in [5.74, 6) is 0.732. The average molecular weight is 196 g/mol. The van der Waals surface area contributed by atoms with Crippen molar-refractivity contribution in [1.82, 2.24) is 9.97 Å². The van der Waals surface area contributed by atoms with E-state index in [1.165, 1.54) is 0 Å². The standard InChI is InChI=1S/C9H16N4O/c1-3-5(2)4-6-7(10)12-9(11)13-8(6)14/h5H,3-4H2,1-2H3,(H5,10,11,12,13,14). The van der Waals surface area contributed by atoms with Crippen molar-refractivity contribution in [2.45, 2.75) is 26.7 Å². The van der Waals surface area contributed by atoms with Crippen molar-refractivity contribution in [3.8, 4) is 0 Å². The monoisotopic (exact) mass is 196 g/mol. The molecule has 1 atom stereocenters. The molecule has 0 bridgehead atoms. The molecule has 0 aliphatic heterocycles. The highest BCUT2D eigenvalue weighted by atomic mass is 16.1. The van der Waals surface area contributed by atoms with Gasteiger partial charge in [-0.1, -0.05) is 20.3 Å². The van der Waals surface area contributed by atoms with Crippen LogP contribution in [0.25, 0.3) is 0 Å². The van der Waals surface area contributed by atoms with E-state index < -0.39 is 0 Å². The summed E-state index contributed by atoms with van der Waals surface area (Å²) in [6.07, 6.45) is 1.65. The molecule has 14 heavy (non-hydrogen) atoms. The Morgan fingerprint density at radius 1 is 1.50 bits per heavy atom. The number of nitrogens with two attached hydrogens (primary N) is 2. The molecule has 1 rings (SSSR count). The molecule has 0 saturated heterocycles. The van der Waals surface area contributed by atoms with E-state index in [9.17, 15) is 4.79 Å². The fourth-order valence-corrected chi connectivity index (χ4v) is 1.22. The molecule has 5 heteroatoms. The van der Waals surface area contributed by atoms with E-state index in [1.807, 2.05) is 0 Å². The minimum Gasteiger partial charge on any atom is -0.383 e. The zero-order valence-corrected chi connectivity index (χ0v) is 8.50. The molecule has 0 aliphatic carbocycles. The van der Waals surface area contributed by atoms with Gasteiger partial charge in [0, 0.05) is 0 Å². The Balaban J connectivity index is 3.03. The second kappa shape index (κ2) is 4.13. The van der Waals surface area contributed by atoms with Gasteiger partial charge in [0.2, 0.25) is 5.95 Å².